The average Bonchev–Trinajstić information content (AvgIpc) is 2.58. The predicted octanol–water partition coefficient (Wildman–Crippen LogP) is 4.24. The molecule has 6 heteroatoms. The van der Waals surface area contributed by atoms with Gasteiger partial charge in [0.05, 0.1) is 16.4 Å². The number of alkyl carbamates (subject to hydrolysis) is 1. The number of rotatable bonds is 8. The first-order chi connectivity index (χ1) is 12.9. The fraction of sp³-hybridized carbons (Fsp3) is 0.600. The Kier molecular flexibility index (Phi) is 7.16. The lowest BCUT2D eigenvalue weighted by Gasteiger charge is -2.23. The molecule has 26 heavy (non-hydrogen) atoms. The summed E-state index contributed by atoms with van der Waals surface area (Å²) in [5, 5.41) is 2.49. The zero-order valence-electron chi connectivity index (χ0n) is 18.4. The molecule has 1 aromatic carbocycles. The van der Waals surface area contributed by atoms with Gasteiger partial charge < -0.3 is 19.5 Å². The highest BCUT2D eigenvalue weighted by atomic mass is 16.6. The van der Waals surface area contributed by atoms with E-state index >= 15 is 0 Å². The summed E-state index contributed by atoms with van der Waals surface area (Å²) in [5.41, 5.74) is -0.240. The zero-order valence-corrected chi connectivity index (χ0v) is 16.4. The number of benzene rings is 1. The Labute approximate surface area is 159 Å². The summed E-state index contributed by atoms with van der Waals surface area (Å²) in [5.74, 6) is -0.585. The van der Waals surface area contributed by atoms with Crippen LogP contribution in [0.15, 0.2) is 24.3 Å². The Hall–Kier alpha value is -2.24. The van der Waals surface area contributed by atoms with Crippen LogP contribution in [-0.4, -0.2) is 31.3 Å². The van der Waals surface area contributed by atoms with Crippen molar-refractivity contribution in [1.29, 1.82) is 0 Å². The quantitative estimate of drug-likeness (QED) is 0.696. The molecule has 1 rings (SSSR count). The van der Waals surface area contributed by atoms with E-state index in [1.807, 2.05) is 6.92 Å². The summed E-state index contributed by atoms with van der Waals surface area (Å²) in [6, 6.07) is 5.21. The maximum Gasteiger partial charge on any atom is 0.408 e. The fourth-order valence-corrected chi connectivity index (χ4v) is 2.21. The minimum Gasteiger partial charge on any atom is -0.493 e. The fourth-order valence-electron chi connectivity index (χ4n) is 2.21. The summed E-state index contributed by atoms with van der Waals surface area (Å²) in [6.07, 6.45) is 0.822. The molecule has 0 spiro atoms. The second-order valence-corrected chi connectivity index (χ2v) is 7.08. The first-order valence-corrected chi connectivity index (χ1v) is 8.76. The lowest BCUT2D eigenvalue weighted by molar-refractivity contribution is -0.143. The summed E-state index contributed by atoms with van der Waals surface area (Å²) < 4.78 is 31.6. The molecule has 0 aliphatic carbocycles. The number of methoxy groups -OCH3 is 1. The monoisotopic (exact) mass is 367 g/mol. The lowest BCUT2D eigenvalue weighted by atomic mass is 10.1. The Morgan fingerprint density at radius 3 is 2.35 bits per heavy atom. The van der Waals surface area contributed by atoms with Crippen molar-refractivity contribution in [2.75, 3.05) is 13.7 Å². The summed E-state index contributed by atoms with van der Waals surface area (Å²) >= 11 is 0. The van der Waals surface area contributed by atoms with Gasteiger partial charge in [-0.1, -0.05) is 32.4 Å². The molecule has 6 nitrogen and oxygen atoms in total. The summed E-state index contributed by atoms with van der Waals surface area (Å²) in [7, 11) is 1.23. The van der Waals surface area contributed by atoms with Gasteiger partial charge in [-0.2, -0.15) is 0 Å². The van der Waals surface area contributed by atoms with Gasteiger partial charge in [-0.15, -0.1) is 0 Å². The first-order valence-electron chi connectivity index (χ1n) is 9.76. The number of esters is 1. The maximum absolute atomic E-state index is 12.1. The molecule has 146 valence electrons. The molecule has 0 saturated carbocycles. The van der Waals surface area contributed by atoms with E-state index in [0.29, 0.717) is 17.7 Å². The molecule has 0 saturated heterocycles. The van der Waals surface area contributed by atoms with E-state index < -0.39 is 30.3 Å². The number of amides is 1. The predicted molar refractivity (Wildman–Crippen MR) is 100 cm³/mol. The van der Waals surface area contributed by atoms with E-state index in [9.17, 15) is 9.59 Å². The molecule has 1 N–H and O–H groups in total. The van der Waals surface area contributed by atoms with E-state index in [0.717, 1.165) is 6.42 Å². The molecule has 0 aliphatic heterocycles. The van der Waals surface area contributed by atoms with Crippen LogP contribution in [0.4, 0.5) is 4.79 Å². The molecular weight excluding hydrogens is 334 g/mol. The van der Waals surface area contributed by atoms with Gasteiger partial charge in [0.2, 0.25) is 0 Å². The van der Waals surface area contributed by atoms with Crippen molar-refractivity contribution in [3.05, 3.63) is 29.8 Å². The van der Waals surface area contributed by atoms with Crippen LogP contribution < -0.4 is 10.1 Å². The van der Waals surface area contributed by atoms with Crippen molar-refractivity contribution in [3.63, 3.8) is 0 Å². The Balaban J connectivity index is 2.94. The van der Waals surface area contributed by atoms with E-state index in [1.54, 1.807) is 52.0 Å². The molecule has 1 amide bonds. The highest BCUT2D eigenvalue weighted by Crippen LogP contribution is 2.21. The minimum atomic E-state index is -1.81. The number of hydrogen-bond donors (Lipinski definition) is 1. The van der Waals surface area contributed by atoms with E-state index in [4.69, 9.17) is 17.0 Å². The van der Waals surface area contributed by atoms with Crippen LogP contribution in [0, 0.1) is 5.92 Å². The van der Waals surface area contributed by atoms with Crippen LogP contribution in [0.2, 0.25) is 0 Å². The molecule has 0 unspecified atom stereocenters. The van der Waals surface area contributed by atoms with Crippen LogP contribution in [0.1, 0.15) is 61.8 Å². The van der Waals surface area contributed by atoms with Crippen molar-refractivity contribution in [2.24, 2.45) is 5.92 Å². The topological polar surface area (TPSA) is 73.9 Å². The highest BCUT2D eigenvalue weighted by Gasteiger charge is 2.26. The largest absolute Gasteiger partial charge is 0.493 e. The van der Waals surface area contributed by atoms with Gasteiger partial charge in [0.15, 0.2) is 6.04 Å². The lowest BCUT2D eigenvalue weighted by Crippen LogP contribution is -2.38. The second-order valence-electron chi connectivity index (χ2n) is 7.08. The third-order valence-corrected chi connectivity index (χ3v) is 3.41. The molecule has 2 atom stereocenters. The molecule has 0 fully saturated rings. The van der Waals surface area contributed by atoms with Crippen LogP contribution in [0.3, 0.4) is 0 Å². The molecule has 0 aliphatic rings. The van der Waals surface area contributed by atoms with Gasteiger partial charge in [-0.3, -0.25) is 0 Å². The molecular formula is C20H31NO5. The minimum absolute atomic E-state index is 0.270. The van der Waals surface area contributed by atoms with Crippen molar-refractivity contribution in [3.8, 4) is 5.75 Å². The third kappa shape index (κ3) is 7.76. The molecule has 0 aromatic heterocycles. The Morgan fingerprint density at radius 1 is 1.23 bits per heavy atom. The molecule has 1 aromatic rings. The normalized spacial score (nSPS) is 15.2. The van der Waals surface area contributed by atoms with Crippen molar-refractivity contribution in [2.45, 2.75) is 59.1 Å². The zero-order chi connectivity index (χ0) is 21.5. The van der Waals surface area contributed by atoms with Crippen LogP contribution in [0.25, 0.3) is 0 Å². The Bertz CT molecular complexity index is 656. The van der Waals surface area contributed by atoms with Gasteiger partial charge in [-0.05, 0) is 50.8 Å². The Morgan fingerprint density at radius 2 is 1.85 bits per heavy atom. The maximum atomic E-state index is 12.1. The standard InChI is InChI=1S/C20H31NO5/c1-7-8-14(2)13-25-16-11-9-15(10-12-16)17(18(22)24-6)21-19(23)26-20(3,4)5/h9-12,14,17H,7-8,13H2,1-6H3,(H,21,23)/t14-,17+/m0/s1/i13D2. The molecule has 0 heterocycles. The SMILES string of the molecule is [2H]C([2H])(Oc1ccc([C@@H](NC(=O)OC(C)(C)C)C(=O)OC)cc1)[C@@H](C)CCC. The first kappa shape index (κ1) is 18.5. The van der Waals surface area contributed by atoms with Crippen LogP contribution >= 0.6 is 0 Å². The molecule has 0 bridgehead atoms. The van der Waals surface area contributed by atoms with Crippen molar-refractivity contribution < 1.29 is 26.5 Å². The number of ether oxygens (including phenoxy) is 3. The number of nitrogens with one attached hydrogen (secondary N) is 1. The van der Waals surface area contributed by atoms with E-state index in [-0.39, 0.29) is 5.92 Å². The smallest absolute Gasteiger partial charge is 0.408 e. The van der Waals surface area contributed by atoms with E-state index in [1.165, 1.54) is 7.11 Å². The van der Waals surface area contributed by atoms with Crippen LogP contribution in [0.5, 0.6) is 5.75 Å². The molecule has 0 radical (unpaired) electrons. The summed E-state index contributed by atoms with van der Waals surface area (Å²) in [4.78, 5) is 24.1. The van der Waals surface area contributed by atoms with Gasteiger partial charge in [0.1, 0.15) is 11.4 Å². The highest BCUT2D eigenvalue weighted by molar-refractivity contribution is 5.82. The second kappa shape index (κ2) is 10.0. The summed E-state index contributed by atoms with van der Waals surface area (Å²) in [6.45, 7) is 7.15. The van der Waals surface area contributed by atoms with Crippen molar-refractivity contribution >= 4 is 12.1 Å². The van der Waals surface area contributed by atoms with Crippen LogP contribution in [-0.2, 0) is 14.3 Å². The van der Waals surface area contributed by atoms with Gasteiger partial charge in [-0.25, -0.2) is 9.59 Å². The third-order valence-electron chi connectivity index (χ3n) is 3.41. The number of carbonyl (C=O) groups excluding carboxylic acids is 2. The average molecular weight is 367 g/mol. The number of carbonyl (C=O) groups is 2. The van der Waals surface area contributed by atoms with Gasteiger partial charge >= 0.3 is 12.1 Å². The van der Waals surface area contributed by atoms with E-state index in [2.05, 4.69) is 5.32 Å². The van der Waals surface area contributed by atoms with Gasteiger partial charge in [0.25, 0.3) is 0 Å². The number of hydrogen-bond acceptors (Lipinski definition) is 5. The van der Waals surface area contributed by atoms with Crippen molar-refractivity contribution in [1.82, 2.24) is 5.32 Å². The van der Waals surface area contributed by atoms with Gasteiger partial charge in [0, 0.05) is 0 Å².